The number of fused-ring (bicyclic) bond motifs is 6. The number of hydrogen-bond donors (Lipinski definition) is 0. The predicted molar refractivity (Wildman–Crippen MR) is 236 cm³/mol. The molecule has 55 heavy (non-hydrogen) atoms. The SMILES string of the molecule is C=C/C=C\C(=C)n1c2ccccc2c2cc(-c3ccc4oc5c(c4c3)C=C(c3ccc(N(c4ccccc4)c4cccc(/C=C\C=C)c4)cc3)CC5)ccc21. The van der Waals surface area contributed by atoms with Gasteiger partial charge in [-0.3, -0.25) is 0 Å². The fourth-order valence-electron chi connectivity index (χ4n) is 7.92. The molecule has 6 aromatic carbocycles. The second kappa shape index (κ2) is 14.4. The maximum absolute atomic E-state index is 6.45. The Hall–Kier alpha value is -7.10. The Labute approximate surface area is 322 Å². The number of aromatic nitrogens is 1. The van der Waals surface area contributed by atoms with Crippen molar-refractivity contribution < 1.29 is 4.42 Å². The van der Waals surface area contributed by atoms with Crippen LogP contribution in [0.5, 0.6) is 0 Å². The summed E-state index contributed by atoms with van der Waals surface area (Å²) in [6.45, 7) is 12.0. The number of nitrogens with zero attached hydrogens (tertiary/aromatic N) is 2. The number of benzene rings is 6. The summed E-state index contributed by atoms with van der Waals surface area (Å²) in [4.78, 5) is 2.30. The minimum Gasteiger partial charge on any atom is -0.460 e. The summed E-state index contributed by atoms with van der Waals surface area (Å²) in [5, 5.41) is 3.55. The topological polar surface area (TPSA) is 21.3 Å². The van der Waals surface area contributed by atoms with Crippen molar-refractivity contribution in [3.63, 3.8) is 0 Å². The smallest absolute Gasteiger partial charge is 0.134 e. The van der Waals surface area contributed by atoms with E-state index in [1.165, 1.54) is 33.0 Å². The van der Waals surface area contributed by atoms with Crippen molar-refractivity contribution in [2.75, 3.05) is 4.90 Å². The number of hydrogen-bond acceptors (Lipinski definition) is 2. The number of para-hydroxylation sites is 2. The van der Waals surface area contributed by atoms with Crippen LogP contribution in [-0.4, -0.2) is 4.57 Å². The number of rotatable bonds is 10. The highest BCUT2D eigenvalue weighted by Crippen LogP contribution is 2.41. The molecule has 9 rings (SSSR count). The summed E-state index contributed by atoms with van der Waals surface area (Å²) in [6.07, 6.45) is 15.7. The van der Waals surface area contributed by atoms with Gasteiger partial charge in [0.25, 0.3) is 0 Å². The molecule has 2 heterocycles. The van der Waals surface area contributed by atoms with Crippen LogP contribution in [0, 0.1) is 0 Å². The molecule has 0 saturated carbocycles. The lowest BCUT2D eigenvalue weighted by atomic mass is 9.91. The van der Waals surface area contributed by atoms with E-state index in [2.05, 4.69) is 181 Å². The summed E-state index contributed by atoms with van der Waals surface area (Å²) in [5.41, 5.74) is 14.6. The van der Waals surface area contributed by atoms with Crippen molar-refractivity contribution in [2.45, 2.75) is 12.8 Å². The Morgan fingerprint density at radius 2 is 1.29 bits per heavy atom. The molecule has 264 valence electrons. The third-order valence-electron chi connectivity index (χ3n) is 10.5. The average Bonchev–Trinajstić information content (AvgIpc) is 3.77. The highest BCUT2D eigenvalue weighted by atomic mass is 16.3. The summed E-state index contributed by atoms with van der Waals surface area (Å²) >= 11 is 0. The third-order valence-corrected chi connectivity index (χ3v) is 10.5. The molecule has 3 heteroatoms. The van der Waals surface area contributed by atoms with Gasteiger partial charge in [-0.2, -0.15) is 0 Å². The number of aryl methyl sites for hydroxylation is 1. The molecule has 3 nitrogen and oxygen atoms in total. The van der Waals surface area contributed by atoms with E-state index in [9.17, 15) is 0 Å². The van der Waals surface area contributed by atoms with E-state index < -0.39 is 0 Å². The van der Waals surface area contributed by atoms with Crippen molar-refractivity contribution in [3.05, 3.63) is 212 Å². The summed E-state index contributed by atoms with van der Waals surface area (Å²) < 4.78 is 8.68. The first-order valence-electron chi connectivity index (χ1n) is 18.7. The first-order chi connectivity index (χ1) is 27.1. The lowest BCUT2D eigenvalue weighted by molar-refractivity contribution is 0.548. The third kappa shape index (κ3) is 6.26. The quantitative estimate of drug-likeness (QED) is 0.132. The van der Waals surface area contributed by atoms with Gasteiger partial charge in [0.05, 0.1) is 11.0 Å². The van der Waals surface area contributed by atoms with Gasteiger partial charge in [0, 0.05) is 50.9 Å². The second-order valence-electron chi connectivity index (χ2n) is 13.9. The van der Waals surface area contributed by atoms with Gasteiger partial charge in [-0.05, 0) is 113 Å². The minimum atomic E-state index is 0.865. The Morgan fingerprint density at radius 1 is 0.600 bits per heavy atom. The Balaban J connectivity index is 1.06. The van der Waals surface area contributed by atoms with Gasteiger partial charge in [-0.1, -0.05) is 123 Å². The molecule has 0 saturated heterocycles. The minimum absolute atomic E-state index is 0.865. The molecular formula is C52H40N2O. The zero-order valence-electron chi connectivity index (χ0n) is 30.7. The van der Waals surface area contributed by atoms with Crippen molar-refractivity contribution in [1.82, 2.24) is 4.57 Å². The van der Waals surface area contributed by atoms with Crippen LogP contribution in [0.2, 0.25) is 0 Å². The maximum Gasteiger partial charge on any atom is 0.134 e. The number of allylic oxidation sites excluding steroid dienone is 7. The van der Waals surface area contributed by atoms with Gasteiger partial charge in [0.2, 0.25) is 0 Å². The highest BCUT2D eigenvalue weighted by molar-refractivity contribution is 6.11. The average molecular weight is 709 g/mol. The molecule has 0 amide bonds. The second-order valence-corrected chi connectivity index (χ2v) is 13.9. The van der Waals surface area contributed by atoms with Crippen molar-refractivity contribution in [1.29, 1.82) is 0 Å². The van der Waals surface area contributed by atoms with E-state index in [0.717, 1.165) is 74.5 Å². The predicted octanol–water partition coefficient (Wildman–Crippen LogP) is 14.6. The largest absolute Gasteiger partial charge is 0.460 e. The van der Waals surface area contributed by atoms with Crippen molar-refractivity contribution >= 4 is 73.3 Å². The number of anilines is 3. The van der Waals surface area contributed by atoms with Gasteiger partial charge < -0.3 is 13.9 Å². The lowest BCUT2D eigenvalue weighted by Gasteiger charge is -2.26. The van der Waals surface area contributed by atoms with Crippen LogP contribution >= 0.6 is 0 Å². The van der Waals surface area contributed by atoms with E-state index in [1.54, 1.807) is 12.2 Å². The van der Waals surface area contributed by atoms with Crippen LogP contribution in [0.1, 0.15) is 28.9 Å². The first-order valence-corrected chi connectivity index (χ1v) is 18.7. The highest BCUT2D eigenvalue weighted by Gasteiger charge is 2.21. The standard InChI is InChI=1S/C52H40N2O/c1-4-6-14-36(3)53-49-21-12-11-20-45(49)46-33-40(24-29-50(46)53)41-26-31-52-48(35-41)47-34-39(25-30-51(47)55-52)38-22-27-43(28-23-38)54(42-17-9-8-10-18-42)44-19-13-16-37(32-44)15-7-5-2/h4-24,26-29,31-35H,1-3,25,30H2/b14-6-,15-7-. The zero-order chi connectivity index (χ0) is 37.3. The molecular weight excluding hydrogens is 669 g/mol. The van der Waals surface area contributed by atoms with Crippen molar-refractivity contribution in [2.24, 2.45) is 0 Å². The van der Waals surface area contributed by atoms with E-state index >= 15 is 0 Å². The van der Waals surface area contributed by atoms with Gasteiger partial charge >= 0.3 is 0 Å². The molecule has 1 aliphatic rings. The van der Waals surface area contributed by atoms with Gasteiger partial charge in [-0.25, -0.2) is 0 Å². The fraction of sp³-hybridized carbons (Fsp3) is 0.0385. The molecule has 0 radical (unpaired) electrons. The molecule has 0 unspecified atom stereocenters. The van der Waals surface area contributed by atoms with Crippen molar-refractivity contribution in [3.8, 4) is 11.1 Å². The molecule has 0 atom stereocenters. The molecule has 8 aromatic rings. The van der Waals surface area contributed by atoms with E-state index in [4.69, 9.17) is 4.42 Å². The zero-order valence-corrected chi connectivity index (χ0v) is 30.7. The monoisotopic (exact) mass is 708 g/mol. The van der Waals surface area contributed by atoms with Gasteiger partial charge in [-0.15, -0.1) is 0 Å². The molecule has 0 fully saturated rings. The summed E-state index contributed by atoms with van der Waals surface area (Å²) in [5.74, 6) is 1.05. The molecule has 2 aromatic heterocycles. The van der Waals surface area contributed by atoms with E-state index in [1.807, 2.05) is 18.2 Å². The van der Waals surface area contributed by atoms with Crippen LogP contribution in [0.3, 0.4) is 0 Å². The maximum atomic E-state index is 6.45. The Morgan fingerprint density at radius 3 is 2.11 bits per heavy atom. The van der Waals surface area contributed by atoms with Gasteiger partial charge in [0.15, 0.2) is 0 Å². The van der Waals surface area contributed by atoms with E-state index in [0.29, 0.717) is 0 Å². The molecule has 0 N–H and O–H groups in total. The Kier molecular flexibility index (Phi) is 8.81. The lowest BCUT2D eigenvalue weighted by Crippen LogP contribution is -2.10. The molecule has 0 spiro atoms. The van der Waals surface area contributed by atoms with Crippen LogP contribution in [0.15, 0.2) is 194 Å². The molecule has 0 bridgehead atoms. The number of furan rings is 1. The molecule has 0 aliphatic heterocycles. The fourth-order valence-corrected chi connectivity index (χ4v) is 7.92. The Bertz CT molecular complexity index is 2860. The van der Waals surface area contributed by atoms with Crippen LogP contribution < -0.4 is 4.90 Å². The van der Waals surface area contributed by atoms with Crippen LogP contribution in [0.25, 0.3) is 67.3 Å². The first kappa shape index (κ1) is 33.7. The molecule has 1 aliphatic carbocycles. The summed E-state index contributed by atoms with van der Waals surface area (Å²) in [6, 6.07) is 50.0. The normalized spacial score (nSPS) is 12.8. The summed E-state index contributed by atoms with van der Waals surface area (Å²) in [7, 11) is 0. The van der Waals surface area contributed by atoms with Gasteiger partial charge in [0.1, 0.15) is 11.3 Å². The van der Waals surface area contributed by atoms with E-state index in [-0.39, 0.29) is 0 Å². The van der Waals surface area contributed by atoms with Crippen LogP contribution in [-0.2, 0) is 6.42 Å². The van der Waals surface area contributed by atoms with Crippen LogP contribution in [0.4, 0.5) is 17.1 Å².